The number of nitrogens with one attached hydrogen (secondary N) is 3. The predicted molar refractivity (Wildman–Crippen MR) is 374 cm³/mol. The second kappa shape index (κ2) is 43.9. The van der Waals surface area contributed by atoms with E-state index in [1.54, 1.807) is 36.4 Å². The normalized spacial score (nSPS) is 16.1. The first-order chi connectivity index (χ1) is 48.1. The van der Waals surface area contributed by atoms with Crippen molar-refractivity contribution in [3.05, 3.63) is 106 Å². The van der Waals surface area contributed by atoms with Gasteiger partial charge in [0.15, 0.2) is 0 Å². The fourth-order valence-corrected chi connectivity index (χ4v) is 16.0. The molecule has 2 aliphatic carbocycles. The van der Waals surface area contributed by atoms with Crippen LogP contribution in [0.25, 0.3) is 33.4 Å². The van der Waals surface area contributed by atoms with Crippen LogP contribution >= 0.6 is 0 Å². The van der Waals surface area contributed by atoms with Crippen molar-refractivity contribution in [2.45, 2.75) is 69.4 Å². The van der Waals surface area contributed by atoms with Gasteiger partial charge in [-0.3, -0.25) is 9.59 Å². The largest absolute Gasteiger partial charge is 0.481 e. The summed E-state index contributed by atoms with van der Waals surface area (Å²) in [6.07, 6.45) is -4.14. The highest BCUT2D eigenvalue weighted by molar-refractivity contribution is 7.90. The minimum Gasteiger partial charge on any atom is -0.481 e. The third-order valence-electron chi connectivity index (χ3n) is 16.1. The molecule has 0 fully saturated rings. The summed E-state index contributed by atoms with van der Waals surface area (Å²) in [6, 6.07) is 21.9. The van der Waals surface area contributed by atoms with Crippen LogP contribution in [0.5, 0.6) is 0 Å². The standard InChI is InChI=1S/C67H101N5O24S4/c1-85-32-36-89-28-19-69-97(77,78)40-6-24-93-64-58-44-50(46-62(73)74)10-14-54(58)56-16-12-52(48-60(56)66(64)95-26-8-42-99(81,82)71-21-30-91-38-34-87-3)53-13-17-57-55-15-11-51(47-63(75)76)45-59(55)65(94-25-7-41-98(79,80)70-20-29-90-37-33-86-2)67(61(57)49-53)96-27-9-43-100(83,84)72(22-5-18-68)23-31-92-39-35-88-4/h10-17,44-45,48-49,64-67,69-71H,5-9,18-43,46-47,68H2,1-4H3,(H,73,74)(H,75,76). The average Bonchev–Trinajstić information content (AvgIpc) is 0.745. The molecule has 100 heavy (non-hydrogen) atoms. The van der Waals surface area contributed by atoms with Gasteiger partial charge in [0.05, 0.1) is 115 Å². The molecular weight excluding hydrogens is 1390 g/mol. The smallest absolute Gasteiger partial charge is 0.307 e. The maximum Gasteiger partial charge on any atom is 0.307 e. The number of carbonyl (C=O) groups is 2. The van der Waals surface area contributed by atoms with E-state index < -0.39 is 76.4 Å². The molecule has 0 amide bonds. The molecule has 0 radical (unpaired) electrons. The first kappa shape index (κ1) is 83.9. The van der Waals surface area contributed by atoms with Crippen molar-refractivity contribution < 1.29 is 110 Å². The van der Waals surface area contributed by atoms with Gasteiger partial charge in [-0.05, 0) is 118 Å². The molecule has 2 aliphatic rings. The number of ether oxygens (including phenoxy) is 12. The van der Waals surface area contributed by atoms with Gasteiger partial charge in [-0.2, -0.15) is 4.31 Å². The lowest BCUT2D eigenvalue weighted by Gasteiger charge is -2.37. The third kappa shape index (κ3) is 28.2. The zero-order chi connectivity index (χ0) is 72.4. The Labute approximate surface area is 588 Å². The van der Waals surface area contributed by atoms with Crippen LogP contribution in [0, 0.1) is 0 Å². The molecule has 0 aliphatic heterocycles. The van der Waals surface area contributed by atoms with Crippen molar-refractivity contribution >= 4 is 52.0 Å². The molecule has 4 aromatic carbocycles. The molecule has 0 saturated carbocycles. The second-order valence-electron chi connectivity index (χ2n) is 23.6. The number of carboxylic acid groups (broad SMARTS) is 2. The molecular formula is C67H101N5O24S4. The Morgan fingerprint density at radius 3 is 1.05 bits per heavy atom. The maximum absolute atomic E-state index is 14.1. The lowest BCUT2D eigenvalue weighted by Crippen LogP contribution is -2.37. The van der Waals surface area contributed by atoms with Crippen LogP contribution in [-0.4, -0.2) is 257 Å². The van der Waals surface area contributed by atoms with Crippen LogP contribution in [-0.2, 0) is 119 Å². The van der Waals surface area contributed by atoms with E-state index in [4.69, 9.17) is 62.6 Å². The molecule has 0 bridgehead atoms. The quantitative estimate of drug-likeness (QED) is 0.0338. The van der Waals surface area contributed by atoms with Gasteiger partial charge in [0, 0.05) is 87.6 Å². The van der Waals surface area contributed by atoms with Crippen LogP contribution in [0.4, 0.5) is 0 Å². The van der Waals surface area contributed by atoms with Crippen LogP contribution in [0.2, 0.25) is 0 Å². The van der Waals surface area contributed by atoms with Gasteiger partial charge < -0.3 is 72.8 Å². The van der Waals surface area contributed by atoms with Crippen LogP contribution in [0.1, 0.15) is 89.9 Å². The summed E-state index contributed by atoms with van der Waals surface area (Å²) in [5.41, 5.74) is 13.1. The van der Waals surface area contributed by atoms with Gasteiger partial charge in [0.2, 0.25) is 40.1 Å². The molecule has 33 heteroatoms. The minimum absolute atomic E-state index is 0.0223. The third-order valence-corrected chi connectivity index (χ3v) is 22.4. The Bertz CT molecular complexity index is 3630. The molecule has 0 aromatic heterocycles. The molecule has 29 nitrogen and oxygen atoms in total. The van der Waals surface area contributed by atoms with E-state index in [-0.39, 0.29) is 180 Å². The number of aliphatic carboxylic acids is 2. The lowest BCUT2D eigenvalue weighted by molar-refractivity contribution is -0.137. The first-order valence-electron chi connectivity index (χ1n) is 33.4. The number of nitrogens with zero attached hydrogens (tertiary/aromatic N) is 1. The Balaban J connectivity index is 1.41. The van der Waals surface area contributed by atoms with E-state index in [2.05, 4.69) is 14.2 Å². The number of rotatable bonds is 56. The Morgan fingerprint density at radius 2 is 0.720 bits per heavy atom. The molecule has 4 atom stereocenters. The van der Waals surface area contributed by atoms with E-state index in [1.807, 2.05) is 36.4 Å². The van der Waals surface area contributed by atoms with Crippen LogP contribution < -0.4 is 19.9 Å². The number of nitrogens with two attached hydrogens (primary N) is 1. The molecule has 0 spiro atoms. The van der Waals surface area contributed by atoms with E-state index in [0.29, 0.717) is 99.6 Å². The van der Waals surface area contributed by atoms with Crippen molar-refractivity contribution in [2.75, 3.05) is 196 Å². The lowest BCUT2D eigenvalue weighted by atomic mass is 9.78. The Kier molecular flexibility index (Phi) is 36.8. The zero-order valence-electron chi connectivity index (χ0n) is 57.6. The molecule has 0 saturated heterocycles. The van der Waals surface area contributed by atoms with Gasteiger partial charge >= 0.3 is 11.9 Å². The summed E-state index contributed by atoms with van der Waals surface area (Å²) in [5.74, 6) is -3.41. The number of methoxy groups -OCH3 is 4. The molecule has 0 heterocycles. The number of benzene rings is 4. The number of hydrogen-bond acceptors (Lipinski definition) is 23. The fourth-order valence-electron chi connectivity index (χ4n) is 11.3. The first-order valence-corrected chi connectivity index (χ1v) is 39.9. The SMILES string of the molecule is COCCOCCNS(=O)(=O)CCCOC1c2cc(CC(=O)O)ccc2-c2ccc(-c3ccc4c(c3)C(OCCCS(=O)(=O)N(CCCN)CCOCCOC)C(OCCCS(=O)(=O)NCCOCCOC)c3cc(CC(=O)O)ccc3-4)cc2C1OCCCS(=O)(=O)NCCOCCOC. The minimum atomic E-state index is -3.89. The second-order valence-corrected chi connectivity index (χ2v) is 31.5. The summed E-state index contributed by atoms with van der Waals surface area (Å²) < 4.78 is 186. The molecule has 7 N–H and O–H groups in total. The predicted octanol–water partition coefficient (Wildman–Crippen LogP) is 4.15. The monoisotopic (exact) mass is 1490 g/mol. The number of hydrogen-bond donors (Lipinski definition) is 6. The van der Waals surface area contributed by atoms with Gasteiger partial charge in [-0.15, -0.1) is 0 Å². The Hall–Kier alpha value is -5.06. The van der Waals surface area contributed by atoms with Crippen LogP contribution in [0.15, 0.2) is 72.8 Å². The zero-order valence-corrected chi connectivity index (χ0v) is 60.9. The highest BCUT2D eigenvalue weighted by Gasteiger charge is 2.39. The van der Waals surface area contributed by atoms with Gasteiger partial charge in [0.25, 0.3) is 0 Å². The van der Waals surface area contributed by atoms with Gasteiger partial charge in [-0.1, -0.05) is 60.7 Å². The highest BCUT2D eigenvalue weighted by Crippen LogP contribution is 2.52. The summed E-state index contributed by atoms with van der Waals surface area (Å²) >= 11 is 0. The number of carboxylic acids is 2. The summed E-state index contributed by atoms with van der Waals surface area (Å²) in [7, 11) is -9.19. The number of fused-ring (bicyclic) bond motifs is 6. The molecule has 4 aromatic rings. The summed E-state index contributed by atoms with van der Waals surface area (Å²) in [4.78, 5) is 24.4. The summed E-state index contributed by atoms with van der Waals surface area (Å²) in [5, 5.41) is 19.9. The highest BCUT2D eigenvalue weighted by atomic mass is 32.2. The molecule has 6 rings (SSSR count). The molecule has 4 unspecified atom stereocenters. The van der Waals surface area contributed by atoms with E-state index in [1.165, 1.54) is 32.7 Å². The van der Waals surface area contributed by atoms with Crippen molar-refractivity contribution in [2.24, 2.45) is 5.73 Å². The molecule has 562 valence electrons. The Morgan fingerprint density at radius 1 is 0.400 bits per heavy atom. The van der Waals surface area contributed by atoms with E-state index in [9.17, 15) is 53.5 Å². The van der Waals surface area contributed by atoms with Crippen molar-refractivity contribution in [3.8, 4) is 33.4 Å². The number of sulfonamides is 4. The van der Waals surface area contributed by atoms with Crippen molar-refractivity contribution in [3.63, 3.8) is 0 Å². The van der Waals surface area contributed by atoms with Crippen molar-refractivity contribution in [1.82, 2.24) is 18.5 Å². The van der Waals surface area contributed by atoms with Crippen LogP contribution in [0.3, 0.4) is 0 Å². The van der Waals surface area contributed by atoms with E-state index in [0.717, 1.165) is 0 Å². The summed E-state index contributed by atoms with van der Waals surface area (Å²) in [6.45, 7) is 3.16. The van der Waals surface area contributed by atoms with Crippen molar-refractivity contribution in [1.29, 1.82) is 0 Å². The average molecular weight is 1490 g/mol. The van der Waals surface area contributed by atoms with Gasteiger partial charge in [0.1, 0.15) is 24.4 Å². The van der Waals surface area contributed by atoms with E-state index >= 15 is 0 Å². The fraction of sp³-hybridized carbons (Fsp3) is 0.612. The topological polar surface area (TPSA) is 387 Å². The van der Waals surface area contributed by atoms with Gasteiger partial charge in [-0.25, -0.2) is 47.8 Å². The maximum atomic E-state index is 14.1.